The average Bonchev–Trinajstić information content (AvgIpc) is 3.17. The molecular weight excluding hydrogens is 340 g/mol. The summed E-state index contributed by atoms with van der Waals surface area (Å²) in [7, 11) is 0. The Morgan fingerprint density at radius 2 is 1.85 bits per heavy atom. The van der Waals surface area contributed by atoms with Crippen LogP contribution in [-0.2, 0) is 6.54 Å². The van der Waals surface area contributed by atoms with Gasteiger partial charge in [-0.1, -0.05) is 49.3 Å². The van der Waals surface area contributed by atoms with Crippen molar-refractivity contribution < 1.29 is 4.74 Å². The van der Waals surface area contributed by atoms with Crippen LogP contribution >= 0.6 is 0 Å². The first kappa shape index (κ1) is 19.0. The van der Waals surface area contributed by atoms with Crippen molar-refractivity contribution in [1.82, 2.24) is 30.4 Å². The normalized spacial score (nSPS) is 11.1. The van der Waals surface area contributed by atoms with Gasteiger partial charge in [-0.2, -0.15) is 4.68 Å². The summed E-state index contributed by atoms with van der Waals surface area (Å²) in [4.78, 5) is 2.40. The lowest BCUT2D eigenvalue weighted by atomic mass is 10.2. The monoisotopic (exact) mass is 366 g/mol. The number of aromatic nitrogens is 4. The topological polar surface area (TPSA) is 68.1 Å². The molecule has 1 N–H and O–H groups in total. The van der Waals surface area contributed by atoms with Crippen LogP contribution in [0.3, 0.4) is 0 Å². The van der Waals surface area contributed by atoms with Gasteiger partial charge in [0.1, 0.15) is 5.75 Å². The van der Waals surface area contributed by atoms with Gasteiger partial charge in [0.05, 0.1) is 5.69 Å². The fourth-order valence-corrected chi connectivity index (χ4v) is 2.81. The van der Waals surface area contributed by atoms with Gasteiger partial charge >= 0.3 is 6.01 Å². The molecule has 27 heavy (non-hydrogen) atoms. The number of likely N-dealkylation sites (N-methyl/N-ethyl adjacent to an activating group) is 1. The highest BCUT2D eigenvalue weighted by Gasteiger charge is 2.10. The van der Waals surface area contributed by atoms with Crippen LogP contribution < -0.4 is 10.1 Å². The number of tetrazole rings is 1. The Kier molecular flexibility index (Phi) is 6.90. The van der Waals surface area contributed by atoms with E-state index in [9.17, 15) is 0 Å². The summed E-state index contributed by atoms with van der Waals surface area (Å²) >= 11 is 0. The summed E-state index contributed by atoms with van der Waals surface area (Å²) in [6.45, 7) is 9.34. The van der Waals surface area contributed by atoms with Crippen LogP contribution in [0.5, 0.6) is 11.8 Å². The Hall–Kier alpha value is -2.77. The molecule has 0 aliphatic carbocycles. The molecule has 3 rings (SSSR count). The van der Waals surface area contributed by atoms with E-state index >= 15 is 0 Å². The Morgan fingerprint density at radius 1 is 1.04 bits per heavy atom. The van der Waals surface area contributed by atoms with Gasteiger partial charge in [0.2, 0.25) is 0 Å². The maximum atomic E-state index is 5.91. The number of ether oxygens (including phenoxy) is 1. The van der Waals surface area contributed by atoms with Crippen LogP contribution in [0.2, 0.25) is 0 Å². The highest BCUT2D eigenvalue weighted by atomic mass is 16.5. The number of nitrogens with one attached hydrogen (secondary N) is 1. The molecule has 0 amide bonds. The maximum absolute atomic E-state index is 5.91. The van der Waals surface area contributed by atoms with Crippen molar-refractivity contribution in [2.24, 2.45) is 0 Å². The van der Waals surface area contributed by atoms with Crippen molar-refractivity contribution in [2.45, 2.75) is 20.4 Å². The molecule has 0 bridgehead atoms. The molecule has 0 unspecified atom stereocenters. The van der Waals surface area contributed by atoms with Gasteiger partial charge < -0.3 is 15.0 Å². The van der Waals surface area contributed by atoms with Crippen molar-refractivity contribution >= 4 is 0 Å². The van der Waals surface area contributed by atoms with Gasteiger partial charge in [0.15, 0.2) is 0 Å². The molecular formula is C20H26N6O. The van der Waals surface area contributed by atoms with E-state index in [2.05, 4.69) is 45.7 Å². The van der Waals surface area contributed by atoms with Crippen molar-refractivity contribution in [1.29, 1.82) is 0 Å². The number of rotatable bonds is 10. The number of benzene rings is 2. The fourth-order valence-electron chi connectivity index (χ4n) is 2.81. The van der Waals surface area contributed by atoms with Crippen LogP contribution in [0.1, 0.15) is 19.4 Å². The molecule has 0 spiro atoms. The molecule has 7 nitrogen and oxygen atoms in total. The van der Waals surface area contributed by atoms with Gasteiger partial charge in [0, 0.05) is 19.6 Å². The minimum Gasteiger partial charge on any atom is -0.423 e. The van der Waals surface area contributed by atoms with Gasteiger partial charge in [0.25, 0.3) is 0 Å². The third-order valence-corrected chi connectivity index (χ3v) is 4.38. The number of hydrogen-bond donors (Lipinski definition) is 1. The van der Waals surface area contributed by atoms with E-state index in [0.29, 0.717) is 11.8 Å². The molecule has 0 fully saturated rings. The molecule has 0 atom stereocenters. The van der Waals surface area contributed by atoms with Crippen LogP contribution in [0.4, 0.5) is 0 Å². The zero-order chi connectivity index (χ0) is 18.9. The van der Waals surface area contributed by atoms with Crippen molar-refractivity contribution in [2.75, 3.05) is 26.2 Å². The molecule has 3 aromatic rings. The molecule has 0 aliphatic heterocycles. The predicted octanol–water partition coefficient (Wildman–Crippen LogP) is 2.89. The lowest BCUT2D eigenvalue weighted by Gasteiger charge is -2.18. The summed E-state index contributed by atoms with van der Waals surface area (Å²) in [5.41, 5.74) is 2.01. The van der Waals surface area contributed by atoms with Crippen LogP contribution in [0.25, 0.3) is 5.69 Å². The molecule has 7 heteroatoms. The maximum Gasteiger partial charge on any atom is 0.345 e. The number of para-hydroxylation sites is 1. The first-order valence-corrected chi connectivity index (χ1v) is 9.33. The molecule has 2 aromatic carbocycles. The second-order valence-corrected chi connectivity index (χ2v) is 6.16. The smallest absolute Gasteiger partial charge is 0.345 e. The summed E-state index contributed by atoms with van der Waals surface area (Å²) < 4.78 is 7.49. The highest BCUT2D eigenvalue weighted by molar-refractivity contribution is 5.34. The van der Waals surface area contributed by atoms with Crippen molar-refractivity contribution in [3.8, 4) is 17.4 Å². The molecule has 1 heterocycles. The van der Waals surface area contributed by atoms with E-state index in [1.165, 1.54) is 0 Å². The van der Waals surface area contributed by atoms with Crippen LogP contribution in [-0.4, -0.2) is 51.3 Å². The Bertz CT molecular complexity index is 816. The largest absolute Gasteiger partial charge is 0.423 e. The summed E-state index contributed by atoms with van der Waals surface area (Å²) in [6.07, 6.45) is 0. The summed E-state index contributed by atoms with van der Waals surface area (Å²) in [6, 6.07) is 18.0. The van der Waals surface area contributed by atoms with Crippen molar-refractivity contribution in [3.63, 3.8) is 0 Å². The van der Waals surface area contributed by atoms with Gasteiger partial charge in [-0.15, -0.1) is 0 Å². The van der Waals surface area contributed by atoms with E-state index in [1.807, 2.05) is 48.5 Å². The number of nitrogens with zero attached hydrogens (tertiary/aromatic N) is 5. The molecule has 1 aromatic heterocycles. The standard InChI is InChI=1S/C20H26N6O/c1-3-25(4-2)14-13-21-16-17-9-8-12-19(15-17)27-20-22-23-24-26(20)18-10-6-5-7-11-18/h5-12,15,21H,3-4,13-14,16H2,1-2H3. The first-order chi connectivity index (χ1) is 13.3. The van der Waals surface area contributed by atoms with Gasteiger partial charge in [-0.25, -0.2) is 0 Å². The Balaban J connectivity index is 1.60. The molecule has 0 saturated carbocycles. The van der Waals surface area contributed by atoms with Crippen LogP contribution in [0.15, 0.2) is 54.6 Å². The third-order valence-electron chi connectivity index (χ3n) is 4.38. The Morgan fingerprint density at radius 3 is 2.63 bits per heavy atom. The average molecular weight is 366 g/mol. The van der Waals surface area contributed by atoms with E-state index in [4.69, 9.17) is 4.74 Å². The van der Waals surface area contributed by atoms with E-state index in [1.54, 1.807) is 4.68 Å². The zero-order valence-electron chi connectivity index (χ0n) is 15.9. The van der Waals surface area contributed by atoms with Gasteiger partial charge in [-0.05, 0) is 53.3 Å². The zero-order valence-corrected chi connectivity index (χ0v) is 15.9. The minimum atomic E-state index is 0.341. The van der Waals surface area contributed by atoms with Crippen LogP contribution in [0, 0.1) is 0 Å². The van der Waals surface area contributed by atoms with E-state index < -0.39 is 0 Å². The summed E-state index contributed by atoms with van der Waals surface area (Å²) in [5, 5.41) is 15.2. The third kappa shape index (κ3) is 5.35. The SMILES string of the molecule is CCN(CC)CCNCc1cccc(Oc2nnnn2-c2ccccc2)c1. The lowest BCUT2D eigenvalue weighted by Crippen LogP contribution is -2.31. The second-order valence-electron chi connectivity index (χ2n) is 6.16. The minimum absolute atomic E-state index is 0.341. The predicted molar refractivity (Wildman–Crippen MR) is 105 cm³/mol. The molecule has 0 radical (unpaired) electrons. The fraction of sp³-hybridized carbons (Fsp3) is 0.350. The first-order valence-electron chi connectivity index (χ1n) is 9.33. The highest BCUT2D eigenvalue weighted by Crippen LogP contribution is 2.22. The van der Waals surface area contributed by atoms with Crippen molar-refractivity contribution in [3.05, 3.63) is 60.2 Å². The lowest BCUT2D eigenvalue weighted by molar-refractivity contribution is 0.302. The molecule has 0 aliphatic rings. The van der Waals surface area contributed by atoms with Gasteiger partial charge in [-0.3, -0.25) is 0 Å². The molecule has 0 saturated heterocycles. The summed E-state index contributed by atoms with van der Waals surface area (Å²) in [5.74, 6) is 0.713. The quantitative estimate of drug-likeness (QED) is 0.557. The Labute approximate surface area is 160 Å². The number of hydrogen-bond acceptors (Lipinski definition) is 6. The molecule has 142 valence electrons. The van der Waals surface area contributed by atoms with E-state index in [-0.39, 0.29) is 0 Å². The van der Waals surface area contributed by atoms with E-state index in [0.717, 1.165) is 44.0 Å². The second kappa shape index (κ2) is 9.80.